The van der Waals surface area contributed by atoms with Gasteiger partial charge in [0.05, 0.1) is 16.4 Å². The van der Waals surface area contributed by atoms with Crippen LogP contribution in [0.2, 0.25) is 0 Å². The highest BCUT2D eigenvalue weighted by molar-refractivity contribution is 5.98. The van der Waals surface area contributed by atoms with Gasteiger partial charge in [0.25, 0.3) is 11.5 Å². The van der Waals surface area contributed by atoms with E-state index >= 15 is 0 Å². The molecular formula is C17H25ClN4O3. The van der Waals surface area contributed by atoms with E-state index in [0.717, 1.165) is 4.57 Å². The van der Waals surface area contributed by atoms with Gasteiger partial charge in [-0.15, -0.1) is 12.4 Å². The number of rotatable bonds is 5. The molecule has 2 aromatic rings. The van der Waals surface area contributed by atoms with E-state index in [1.54, 1.807) is 19.1 Å². The average molecular weight is 369 g/mol. The van der Waals surface area contributed by atoms with Crippen LogP contribution in [0, 0.1) is 5.92 Å². The molecule has 1 atom stereocenters. The molecule has 1 heterocycles. The number of fused-ring (bicyclic) bond motifs is 1. The van der Waals surface area contributed by atoms with Crippen LogP contribution < -0.4 is 22.3 Å². The van der Waals surface area contributed by atoms with Gasteiger partial charge in [0.2, 0.25) is 0 Å². The first-order chi connectivity index (χ1) is 11.2. The molecule has 0 aliphatic carbocycles. The Balaban J connectivity index is 0.00000312. The highest BCUT2D eigenvalue weighted by atomic mass is 35.5. The number of aromatic nitrogens is 2. The molecule has 1 aromatic carbocycles. The van der Waals surface area contributed by atoms with E-state index < -0.39 is 11.2 Å². The lowest BCUT2D eigenvalue weighted by atomic mass is 9.88. The number of carbonyl (C=O) groups excluding carboxylic acids is 1. The third-order valence-corrected chi connectivity index (χ3v) is 4.66. The van der Waals surface area contributed by atoms with Crippen molar-refractivity contribution in [3.63, 3.8) is 0 Å². The van der Waals surface area contributed by atoms with Gasteiger partial charge in [-0.1, -0.05) is 13.8 Å². The zero-order valence-corrected chi connectivity index (χ0v) is 15.7. The minimum atomic E-state index is -0.537. The largest absolute Gasteiger partial charge is 0.345 e. The number of aromatic amines is 1. The molecule has 0 aliphatic rings. The van der Waals surface area contributed by atoms with Crippen molar-refractivity contribution >= 4 is 29.2 Å². The second kappa shape index (κ2) is 7.84. The number of hydrogen-bond donors (Lipinski definition) is 3. The summed E-state index contributed by atoms with van der Waals surface area (Å²) in [5.41, 5.74) is 5.12. The number of nitrogens with zero attached hydrogens (tertiary/aromatic N) is 1. The molecule has 1 unspecified atom stereocenters. The summed E-state index contributed by atoms with van der Waals surface area (Å²) in [4.78, 5) is 39.3. The Morgan fingerprint density at radius 3 is 2.52 bits per heavy atom. The molecule has 0 aliphatic heterocycles. The molecule has 1 aromatic heterocycles. The minimum absolute atomic E-state index is 0. The predicted molar refractivity (Wildman–Crippen MR) is 102 cm³/mol. The zero-order chi connectivity index (χ0) is 18.1. The van der Waals surface area contributed by atoms with Crippen molar-refractivity contribution in [2.75, 3.05) is 6.54 Å². The summed E-state index contributed by atoms with van der Waals surface area (Å²) in [7, 11) is 0. The van der Waals surface area contributed by atoms with Crippen molar-refractivity contribution < 1.29 is 4.79 Å². The lowest BCUT2D eigenvalue weighted by molar-refractivity contribution is 0.0883. The molecule has 8 heteroatoms. The van der Waals surface area contributed by atoms with Crippen molar-refractivity contribution in [3.05, 3.63) is 44.6 Å². The number of H-pyrrole nitrogens is 1. The number of benzene rings is 1. The Labute approximate surface area is 152 Å². The number of carbonyl (C=O) groups is 1. The van der Waals surface area contributed by atoms with Crippen LogP contribution in [0.15, 0.2) is 27.8 Å². The predicted octanol–water partition coefficient (Wildman–Crippen LogP) is 1.23. The summed E-state index contributed by atoms with van der Waals surface area (Å²) in [6.07, 6.45) is 0. The summed E-state index contributed by atoms with van der Waals surface area (Å²) in [5, 5.41) is 3.31. The Morgan fingerprint density at radius 2 is 2.00 bits per heavy atom. The van der Waals surface area contributed by atoms with E-state index in [0.29, 0.717) is 23.0 Å². The van der Waals surface area contributed by atoms with Crippen molar-refractivity contribution in [2.24, 2.45) is 11.7 Å². The molecule has 2 rings (SSSR count). The molecule has 1 amide bonds. The number of amides is 1. The molecule has 0 radical (unpaired) electrons. The van der Waals surface area contributed by atoms with Crippen molar-refractivity contribution in [1.29, 1.82) is 0 Å². The van der Waals surface area contributed by atoms with Crippen LogP contribution >= 0.6 is 12.4 Å². The number of nitrogens with two attached hydrogens (primary N) is 1. The van der Waals surface area contributed by atoms with Crippen LogP contribution in [0.25, 0.3) is 10.9 Å². The molecular weight excluding hydrogens is 344 g/mol. The molecule has 138 valence electrons. The third-order valence-electron chi connectivity index (χ3n) is 4.66. The van der Waals surface area contributed by atoms with E-state index in [1.165, 1.54) is 6.07 Å². The molecule has 0 saturated carbocycles. The maximum Gasteiger partial charge on any atom is 0.328 e. The maximum absolute atomic E-state index is 12.5. The molecule has 4 N–H and O–H groups in total. The zero-order valence-electron chi connectivity index (χ0n) is 14.9. The molecule has 7 nitrogen and oxygen atoms in total. The molecule has 0 spiro atoms. The van der Waals surface area contributed by atoms with Crippen molar-refractivity contribution in [2.45, 2.75) is 39.8 Å². The highest BCUT2D eigenvalue weighted by Gasteiger charge is 2.29. The summed E-state index contributed by atoms with van der Waals surface area (Å²) < 4.78 is 1.12. The van der Waals surface area contributed by atoms with E-state index in [4.69, 9.17) is 5.73 Å². The summed E-state index contributed by atoms with van der Waals surface area (Å²) in [5.74, 6) is -0.137. The van der Waals surface area contributed by atoms with E-state index in [9.17, 15) is 14.4 Å². The normalized spacial score (nSPS) is 13.4. The van der Waals surface area contributed by atoms with Crippen LogP contribution in [-0.4, -0.2) is 27.5 Å². The number of halogens is 1. The van der Waals surface area contributed by atoms with Crippen LogP contribution in [0.4, 0.5) is 0 Å². The smallest absolute Gasteiger partial charge is 0.328 e. The van der Waals surface area contributed by atoms with Crippen LogP contribution in [0.3, 0.4) is 0 Å². The lowest BCUT2D eigenvalue weighted by Gasteiger charge is -2.33. The van der Waals surface area contributed by atoms with Crippen LogP contribution in [0.5, 0.6) is 0 Å². The number of hydrogen-bond acceptors (Lipinski definition) is 4. The van der Waals surface area contributed by atoms with Gasteiger partial charge in [-0.05, 0) is 38.0 Å². The van der Waals surface area contributed by atoms with Gasteiger partial charge < -0.3 is 16.0 Å². The SMILES string of the molecule is CCn1c(=O)[nH]c2cc(C(=O)NC(C)(CN)C(C)C)ccc2c1=O.Cl. The number of nitrogens with one attached hydrogen (secondary N) is 2. The lowest BCUT2D eigenvalue weighted by Crippen LogP contribution is -2.55. The van der Waals surface area contributed by atoms with E-state index in [-0.39, 0.29) is 36.3 Å². The Bertz CT molecular complexity index is 888. The van der Waals surface area contributed by atoms with Gasteiger partial charge in [0, 0.05) is 18.7 Å². The first kappa shape index (κ1) is 20.9. The fourth-order valence-corrected chi connectivity index (χ4v) is 2.45. The summed E-state index contributed by atoms with van der Waals surface area (Å²) in [6, 6.07) is 4.66. The fourth-order valence-electron chi connectivity index (χ4n) is 2.45. The maximum atomic E-state index is 12.5. The summed E-state index contributed by atoms with van der Waals surface area (Å²) >= 11 is 0. The topological polar surface area (TPSA) is 110 Å². The Hall–Kier alpha value is -2.12. The molecule has 0 fully saturated rings. The van der Waals surface area contributed by atoms with Gasteiger partial charge in [-0.25, -0.2) is 4.79 Å². The standard InChI is InChI=1S/C17H24N4O3.ClH/c1-5-21-15(23)12-7-6-11(8-13(12)19-16(21)24)14(22)20-17(4,9-18)10(2)3;/h6-8,10H,5,9,18H2,1-4H3,(H,19,24)(H,20,22);1H. The van der Waals surface area contributed by atoms with Gasteiger partial charge in [0.1, 0.15) is 0 Å². The van der Waals surface area contributed by atoms with Crippen LogP contribution in [0.1, 0.15) is 38.1 Å². The molecule has 25 heavy (non-hydrogen) atoms. The monoisotopic (exact) mass is 368 g/mol. The molecule has 0 saturated heterocycles. The minimum Gasteiger partial charge on any atom is -0.345 e. The van der Waals surface area contributed by atoms with Crippen molar-refractivity contribution in [3.8, 4) is 0 Å². The van der Waals surface area contributed by atoms with Crippen molar-refractivity contribution in [1.82, 2.24) is 14.9 Å². The Kier molecular flexibility index (Phi) is 6.56. The van der Waals surface area contributed by atoms with Gasteiger partial charge in [0.15, 0.2) is 0 Å². The second-order valence-corrected chi connectivity index (χ2v) is 6.47. The van der Waals surface area contributed by atoms with Crippen LogP contribution in [-0.2, 0) is 6.54 Å². The fraction of sp³-hybridized carbons (Fsp3) is 0.471. The summed E-state index contributed by atoms with van der Waals surface area (Å²) in [6.45, 7) is 8.18. The highest BCUT2D eigenvalue weighted by Crippen LogP contribution is 2.17. The van der Waals surface area contributed by atoms with E-state index in [1.807, 2.05) is 20.8 Å². The first-order valence-corrected chi connectivity index (χ1v) is 8.03. The molecule has 0 bridgehead atoms. The Morgan fingerprint density at radius 1 is 1.36 bits per heavy atom. The van der Waals surface area contributed by atoms with Gasteiger partial charge >= 0.3 is 5.69 Å². The third kappa shape index (κ3) is 3.93. The van der Waals surface area contributed by atoms with Gasteiger partial charge in [-0.3, -0.25) is 14.2 Å². The van der Waals surface area contributed by atoms with E-state index in [2.05, 4.69) is 10.3 Å². The average Bonchev–Trinajstić information content (AvgIpc) is 2.54. The first-order valence-electron chi connectivity index (χ1n) is 8.03. The van der Waals surface area contributed by atoms with Gasteiger partial charge in [-0.2, -0.15) is 0 Å². The quantitative estimate of drug-likeness (QED) is 0.737. The second-order valence-electron chi connectivity index (χ2n) is 6.47.